The van der Waals surface area contributed by atoms with Crippen molar-refractivity contribution in [1.82, 2.24) is 0 Å². The third-order valence-corrected chi connectivity index (χ3v) is 4.52. The van der Waals surface area contributed by atoms with E-state index in [1.807, 2.05) is 83.0 Å². The fourth-order valence-corrected chi connectivity index (χ4v) is 3.10. The van der Waals surface area contributed by atoms with Crippen molar-refractivity contribution >= 4 is 11.7 Å². The Morgan fingerprint density at radius 1 is 0.848 bits per heavy atom. The van der Waals surface area contributed by atoms with Gasteiger partial charge < -0.3 is 14.4 Å². The van der Waals surface area contributed by atoms with Crippen LogP contribution in [0.5, 0.6) is 11.5 Å². The first-order chi connectivity index (χ1) is 16.0. The van der Waals surface area contributed by atoms with E-state index >= 15 is 0 Å². The van der Waals surface area contributed by atoms with Gasteiger partial charge in [-0.05, 0) is 79.1 Å². The molecule has 4 nitrogen and oxygen atoms in total. The van der Waals surface area contributed by atoms with Crippen LogP contribution in [-0.2, 0) is 9.53 Å². The lowest BCUT2D eigenvalue weighted by molar-refractivity contribution is -0.141. The van der Waals surface area contributed by atoms with E-state index in [1.165, 1.54) is 12.1 Å². The summed E-state index contributed by atoms with van der Waals surface area (Å²) in [6.07, 6.45) is 0. The monoisotopic (exact) mass is 453 g/mol. The number of benzene rings is 3. The second kappa shape index (κ2) is 14.7. The zero-order valence-corrected chi connectivity index (χ0v) is 20.8. The SMILES string of the molecule is CC.CC.CCOC(=O)CN(C)c1ccc(-c2ccc(Oc3ccc(F)cc3)cc2)cc1C. The summed E-state index contributed by atoms with van der Waals surface area (Å²) in [7, 11) is 1.88. The van der Waals surface area contributed by atoms with Crippen LogP contribution in [0.3, 0.4) is 0 Å². The molecule has 0 radical (unpaired) electrons. The second-order valence-corrected chi connectivity index (χ2v) is 6.74. The molecule has 0 atom stereocenters. The molecular weight excluding hydrogens is 417 g/mol. The Kier molecular flexibility index (Phi) is 12.3. The largest absolute Gasteiger partial charge is 0.465 e. The first kappa shape index (κ1) is 27.7. The minimum Gasteiger partial charge on any atom is -0.465 e. The zero-order chi connectivity index (χ0) is 24.8. The number of esters is 1. The Labute approximate surface area is 198 Å². The van der Waals surface area contributed by atoms with E-state index in [1.54, 1.807) is 19.1 Å². The average Bonchev–Trinajstić information content (AvgIpc) is 2.83. The van der Waals surface area contributed by atoms with Gasteiger partial charge in [-0.3, -0.25) is 4.79 Å². The van der Waals surface area contributed by atoms with Crippen LogP contribution in [0, 0.1) is 12.7 Å². The van der Waals surface area contributed by atoms with Crippen LogP contribution in [-0.4, -0.2) is 26.2 Å². The number of ether oxygens (including phenoxy) is 2. The predicted octanol–water partition coefficient (Wildman–Crippen LogP) is 7.65. The van der Waals surface area contributed by atoms with E-state index in [0.717, 1.165) is 22.4 Å². The highest BCUT2D eigenvalue weighted by atomic mass is 19.1. The highest BCUT2D eigenvalue weighted by molar-refractivity contribution is 5.77. The molecule has 0 N–H and O–H groups in total. The molecule has 0 fully saturated rings. The summed E-state index contributed by atoms with van der Waals surface area (Å²) in [5.41, 5.74) is 4.18. The number of aryl methyl sites for hydroxylation is 1. The summed E-state index contributed by atoms with van der Waals surface area (Å²) >= 11 is 0. The van der Waals surface area contributed by atoms with Crippen LogP contribution in [0.1, 0.15) is 40.2 Å². The van der Waals surface area contributed by atoms with Crippen molar-refractivity contribution in [2.45, 2.75) is 41.5 Å². The number of nitrogens with zero attached hydrogens (tertiary/aromatic N) is 1. The lowest BCUT2D eigenvalue weighted by Crippen LogP contribution is -2.27. The summed E-state index contributed by atoms with van der Waals surface area (Å²) in [6, 6.07) is 19.8. The standard InChI is InChI=1S/C24H24FNO3.2C2H6/c1-4-28-24(27)16-26(3)23-14-7-19(15-17(23)2)18-5-10-21(11-6-18)29-22-12-8-20(25)9-13-22;2*1-2/h5-15H,4,16H2,1-3H3;2*1-2H3. The smallest absolute Gasteiger partial charge is 0.325 e. The Morgan fingerprint density at radius 2 is 1.36 bits per heavy atom. The van der Waals surface area contributed by atoms with Gasteiger partial charge in [-0.25, -0.2) is 4.39 Å². The maximum absolute atomic E-state index is 13.0. The van der Waals surface area contributed by atoms with Crippen LogP contribution < -0.4 is 9.64 Å². The van der Waals surface area contributed by atoms with Crippen LogP contribution in [0.4, 0.5) is 10.1 Å². The molecule has 0 saturated carbocycles. The van der Waals surface area contributed by atoms with Crippen molar-refractivity contribution in [2.75, 3.05) is 25.1 Å². The Hall–Kier alpha value is -3.34. The molecule has 33 heavy (non-hydrogen) atoms. The van der Waals surface area contributed by atoms with Gasteiger partial charge in [-0.1, -0.05) is 45.9 Å². The Morgan fingerprint density at radius 3 is 1.88 bits per heavy atom. The van der Waals surface area contributed by atoms with Crippen molar-refractivity contribution < 1.29 is 18.7 Å². The lowest BCUT2D eigenvalue weighted by atomic mass is 10.0. The first-order valence-electron chi connectivity index (χ1n) is 11.5. The summed E-state index contributed by atoms with van der Waals surface area (Å²) in [5.74, 6) is 0.737. The molecule has 0 aromatic heterocycles. The number of carbonyl (C=O) groups excluding carboxylic acids is 1. The van der Waals surface area contributed by atoms with E-state index in [2.05, 4.69) is 6.07 Å². The number of likely N-dealkylation sites (N-methyl/N-ethyl adjacent to an activating group) is 1. The van der Waals surface area contributed by atoms with Gasteiger partial charge in [0.25, 0.3) is 0 Å². The van der Waals surface area contributed by atoms with Gasteiger partial charge in [0, 0.05) is 12.7 Å². The van der Waals surface area contributed by atoms with Crippen LogP contribution in [0.2, 0.25) is 0 Å². The molecule has 0 amide bonds. The minimum atomic E-state index is -0.292. The molecule has 0 unspecified atom stereocenters. The van der Waals surface area contributed by atoms with Gasteiger partial charge in [-0.15, -0.1) is 0 Å². The third-order valence-electron chi connectivity index (χ3n) is 4.52. The van der Waals surface area contributed by atoms with Crippen molar-refractivity contribution in [1.29, 1.82) is 0 Å². The normalized spacial score (nSPS) is 9.58. The topological polar surface area (TPSA) is 38.8 Å². The fraction of sp³-hybridized carbons (Fsp3) is 0.321. The lowest BCUT2D eigenvalue weighted by Gasteiger charge is -2.21. The molecule has 5 heteroatoms. The van der Waals surface area contributed by atoms with Crippen molar-refractivity contribution in [2.24, 2.45) is 0 Å². The highest BCUT2D eigenvalue weighted by Gasteiger charge is 2.11. The molecule has 0 saturated heterocycles. The molecular formula is C28H36FNO3. The summed E-state index contributed by atoms with van der Waals surface area (Å²) in [6.45, 7) is 12.4. The second-order valence-electron chi connectivity index (χ2n) is 6.74. The average molecular weight is 454 g/mol. The van der Waals surface area contributed by atoms with Crippen molar-refractivity contribution in [3.05, 3.63) is 78.1 Å². The van der Waals surface area contributed by atoms with Gasteiger partial charge in [0.2, 0.25) is 0 Å². The maximum atomic E-state index is 13.0. The number of hydrogen-bond acceptors (Lipinski definition) is 4. The Bertz CT molecular complexity index is 969. The van der Waals surface area contributed by atoms with E-state index in [4.69, 9.17) is 9.47 Å². The number of halogens is 1. The van der Waals surface area contributed by atoms with Gasteiger partial charge in [0.05, 0.1) is 6.61 Å². The molecule has 0 aliphatic carbocycles. The molecule has 0 heterocycles. The molecule has 3 aromatic carbocycles. The van der Waals surface area contributed by atoms with Crippen LogP contribution >= 0.6 is 0 Å². The van der Waals surface area contributed by atoms with Crippen LogP contribution in [0.15, 0.2) is 66.7 Å². The van der Waals surface area contributed by atoms with E-state index < -0.39 is 0 Å². The number of rotatable bonds is 7. The van der Waals surface area contributed by atoms with E-state index in [9.17, 15) is 9.18 Å². The van der Waals surface area contributed by atoms with E-state index in [0.29, 0.717) is 18.1 Å². The highest BCUT2D eigenvalue weighted by Crippen LogP contribution is 2.29. The quantitative estimate of drug-likeness (QED) is 0.345. The van der Waals surface area contributed by atoms with Gasteiger partial charge in [0.1, 0.15) is 23.9 Å². The number of anilines is 1. The van der Waals surface area contributed by atoms with Gasteiger partial charge >= 0.3 is 5.97 Å². The molecule has 0 bridgehead atoms. The maximum Gasteiger partial charge on any atom is 0.325 e. The number of carbonyl (C=O) groups is 1. The van der Waals surface area contributed by atoms with Crippen molar-refractivity contribution in [3.63, 3.8) is 0 Å². The molecule has 0 aliphatic rings. The summed E-state index contributed by atoms with van der Waals surface area (Å²) in [5, 5.41) is 0. The van der Waals surface area contributed by atoms with Crippen molar-refractivity contribution in [3.8, 4) is 22.6 Å². The summed E-state index contributed by atoms with van der Waals surface area (Å²) < 4.78 is 23.7. The minimum absolute atomic E-state index is 0.212. The van der Waals surface area contributed by atoms with Crippen LogP contribution in [0.25, 0.3) is 11.1 Å². The predicted molar refractivity (Wildman–Crippen MR) is 136 cm³/mol. The molecule has 3 rings (SSSR count). The third kappa shape index (κ3) is 8.60. The van der Waals surface area contributed by atoms with Gasteiger partial charge in [0.15, 0.2) is 0 Å². The molecule has 3 aromatic rings. The van der Waals surface area contributed by atoms with E-state index in [-0.39, 0.29) is 18.3 Å². The first-order valence-corrected chi connectivity index (χ1v) is 11.5. The van der Waals surface area contributed by atoms with Gasteiger partial charge in [-0.2, -0.15) is 0 Å². The summed E-state index contributed by atoms with van der Waals surface area (Å²) in [4.78, 5) is 13.6. The molecule has 0 spiro atoms. The zero-order valence-electron chi connectivity index (χ0n) is 20.8. The fourth-order valence-electron chi connectivity index (χ4n) is 3.10. The molecule has 0 aliphatic heterocycles. The molecule has 178 valence electrons. The Balaban J connectivity index is 0.00000129. The number of hydrogen-bond donors (Lipinski definition) is 0.